The predicted molar refractivity (Wildman–Crippen MR) is 85.4 cm³/mol. The molecule has 7 heteroatoms. The lowest BCUT2D eigenvalue weighted by molar-refractivity contribution is -0.00697. The van der Waals surface area contributed by atoms with Crippen molar-refractivity contribution < 1.29 is 18.7 Å². The molecule has 0 bridgehead atoms. The third-order valence-corrected chi connectivity index (χ3v) is 4.14. The van der Waals surface area contributed by atoms with E-state index in [-0.39, 0.29) is 30.5 Å². The Labute approximate surface area is 139 Å². The molecule has 6 nitrogen and oxygen atoms in total. The monoisotopic (exact) mass is 333 g/mol. The van der Waals surface area contributed by atoms with Crippen LogP contribution in [-0.4, -0.2) is 29.3 Å². The van der Waals surface area contributed by atoms with Crippen LogP contribution in [0.3, 0.4) is 0 Å². The highest BCUT2D eigenvalue weighted by Gasteiger charge is 2.29. The van der Waals surface area contributed by atoms with Crippen molar-refractivity contribution in [3.63, 3.8) is 0 Å². The molecule has 1 aliphatic rings. The molecule has 0 radical (unpaired) electrons. The first kappa shape index (κ1) is 16.4. The number of nitrogens with one attached hydrogen (secondary N) is 2. The average molecular weight is 333 g/mol. The third kappa shape index (κ3) is 3.12. The molecule has 2 atom stereocenters. The first-order chi connectivity index (χ1) is 11.5. The number of nitrogens with zero attached hydrogens (tertiary/aromatic N) is 1. The van der Waals surface area contributed by atoms with Crippen molar-refractivity contribution in [2.75, 3.05) is 7.11 Å². The van der Waals surface area contributed by atoms with Crippen molar-refractivity contribution in [1.29, 1.82) is 0 Å². The molecule has 0 fully saturated rings. The van der Waals surface area contributed by atoms with Crippen LogP contribution in [0.1, 0.15) is 47.3 Å². The van der Waals surface area contributed by atoms with Crippen LogP contribution in [0, 0.1) is 5.82 Å². The molecule has 3 rings (SSSR count). The topological polar surface area (TPSA) is 76.2 Å². The summed E-state index contributed by atoms with van der Waals surface area (Å²) in [6, 6.07) is 4.21. The maximum Gasteiger partial charge on any atom is 0.272 e. The van der Waals surface area contributed by atoms with Gasteiger partial charge in [-0.25, -0.2) is 4.39 Å². The van der Waals surface area contributed by atoms with Gasteiger partial charge in [-0.3, -0.25) is 9.89 Å². The summed E-state index contributed by atoms with van der Waals surface area (Å²) in [5, 5.41) is 9.85. The first-order valence-electron chi connectivity index (χ1n) is 7.82. The van der Waals surface area contributed by atoms with Gasteiger partial charge < -0.3 is 14.8 Å². The number of halogens is 1. The fourth-order valence-corrected chi connectivity index (χ4v) is 2.99. The van der Waals surface area contributed by atoms with Crippen molar-refractivity contribution in [2.45, 2.75) is 39.0 Å². The number of carbonyl (C=O) groups is 1. The van der Waals surface area contributed by atoms with Crippen LogP contribution in [0.15, 0.2) is 18.2 Å². The maximum atomic E-state index is 13.2. The lowest BCUT2D eigenvalue weighted by Gasteiger charge is -2.25. The number of carbonyl (C=O) groups excluding carboxylic acids is 1. The van der Waals surface area contributed by atoms with Gasteiger partial charge in [0.15, 0.2) is 5.69 Å². The van der Waals surface area contributed by atoms with E-state index in [9.17, 15) is 9.18 Å². The highest BCUT2D eigenvalue weighted by atomic mass is 19.1. The van der Waals surface area contributed by atoms with E-state index in [0.717, 1.165) is 11.3 Å². The van der Waals surface area contributed by atoms with Gasteiger partial charge in [0, 0.05) is 30.2 Å². The quantitative estimate of drug-likeness (QED) is 0.901. The second-order valence-electron chi connectivity index (χ2n) is 5.90. The molecule has 0 saturated carbocycles. The number of amides is 1. The van der Waals surface area contributed by atoms with Crippen LogP contribution in [0.2, 0.25) is 0 Å². The molecule has 2 aromatic rings. The zero-order valence-electron chi connectivity index (χ0n) is 13.9. The molecular formula is C17H20FN3O3. The summed E-state index contributed by atoms with van der Waals surface area (Å²) in [6.07, 6.45) is 0.558. The third-order valence-electron chi connectivity index (χ3n) is 4.14. The normalized spacial score (nSPS) is 19.7. The predicted octanol–water partition coefficient (Wildman–Crippen LogP) is 2.51. The molecule has 2 heterocycles. The number of ether oxygens (including phenoxy) is 2. The van der Waals surface area contributed by atoms with E-state index in [2.05, 4.69) is 15.5 Å². The number of hydrogen-bond acceptors (Lipinski definition) is 4. The zero-order valence-corrected chi connectivity index (χ0v) is 13.9. The van der Waals surface area contributed by atoms with Crippen molar-refractivity contribution in [1.82, 2.24) is 15.5 Å². The van der Waals surface area contributed by atoms with Crippen LogP contribution in [-0.2, 0) is 17.7 Å². The van der Waals surface area contributed by atoms with Gasteiger partial charge in [0.2, 0.25) is 0 Å². The summed E-state index contributed by atoms with van der Waals surface area (Å²) >= 11 is 0. The van der Waals surface area contributed by atoms with Crippen LogP contribution < -0.4 is 10.1 Å². The number of hydrogen-bond donors (Lipinski definition) is 2. The van der Waals surface area contributed by atoms with Crippen LogP contribution in [0.25, 0.3) is 0 Å². The summed E-state index contributed by atoms with van der Waals surface area (Å²) in [5.41, 5.74) is 2.82. The second kappa shape index (κ2) is 6.60. The molecule has 1 amide bonds. The highest BCUT2D eigenvalue weighted by Crippen LogP contribution is 2.30. The zero-order chi connectivity index (χ0) is 17.3. The van der Waals surface area contributed by atoms with Gasteiger partial charge >= 0.3 is 0 Å². The van der Waals surface area contributed by atoms with E-state index in [1.165, 1.54) is 19.2 Å². The number of aromatic amines is 1. The number of H-pyrrole nitrogens is 1. The molecular weight excluding hydrogens is 313 g/mol. The van der Waals surface area contributed by atoms with Crippen molar-refractivity contribution in [3.05, 3.63) is 46.5 Å². The summed E-state index contributed by atoms with van der Waals surface area (Å²) in [4.78, 5) is 12.5. The van der Waals surface area contributed by atoms with Gasteiger partial charge in [-0.15, -0.1) is 0 Å². The minimum absolute atomic E-state index is 0.0360. The van der Waals surface area contributed by atoms with Crippen molar-refractivity contribution >= 4 is 5.91 Å². The Morgan fingerprint density at radius 1 is 1.50 bits per heavy atom. The molecule has 128 valence electrons. The van der Waals surface area contributed by atoms with E-state index in [1.807, 2.05) is 13.8 Å². The van der Waals surface area contributed by atoms with E-state index >= 15 is 0 Å². The fraction of sp³-hybridized carbons (Fsp3) is 0.412. The number of fused-ring (bicyclic) bond motifs is 1. The SMILES string of the molecule is COc1cc(F)ccc1CNC(=O)c1n[nH]c2c1C[C@H](C)O[C@@H]2C. The molecule has 1 aromatic heterocycles. The van der Waals surface area contributed by atoms with E-state index in [0.29, 0.717) is 23.4 Å². The summed E-state index contributed by atoms with van der Waals surface area (Å²) in [7, 11) is 1.47. The summed E-state index contributed by atoms with van der Waals surface area (Å²) in [6.45, 7) is 4.13. The molecule has 0 spiro atoms. The lowest BCUT2D eigenvalue weighted by atomic mass is 9.99. The van der Waals surface area contributed by atoms with Gasteiger partial charge in [0.25, 0.3) is 5.91 Å². The smallest absolute Gasteiger partial charge is 0.272 e. The van der Waals surface area contributed by atoms with E-state index in [4.69, 9.17) is 9.47 Å². The molecule has 24 heavy (non-hydrogen) atoms. The van der Waals surface area contributed by atoms with Gasteiger partial charge in [0.05, 0.1) is 25.0 Å². The summed E-state index contributed by atoms with van der Waals surface area (Å²) < 4.78 is 24.1. The Hall–Kier alpha value is -2.41. The van der Waals surface area contributed by atoms with Gasteiger partial charge in [-0.1, -0.05) is 6.07 Å². The van der Waals surface area contributed by atoms with Gasteiger partial charge in [0.1, 0.15) is 11.6 Å². The summed E-state index contributed by atoms with van der Waals surface area (Å²) in [5.74, 6) is -0.263. The molecule has 2 N–H and O–H groups in total. The lowest BCUT2D eigenvalue weighted by Crippen LogP contribution is -2.27. The Morgan fingerprint density at radius 2 is 2.29 bits per heavy atom. The second-order valence-corrected chi connectivity index (χ2v) is 5.90. The Bertz CT molecular complexity index is 760. The van der Waals surface area contributed by atoms with Gasteiger partial charge in [-0.2, -0.15) is 5.10 Å². The molecule has 0 aliphatic carbocycles. The van der Waals surface area contributed by atoms with Gasteiger partial charge in [-0.05, 0) is 19.9 Å². The fourth-order valence-electron chi connectivity index (χ4n) is 2.99. The highest BCUT2D eigenvalue weighted by molar-refractivity contribution is 5.94. The number of aromatic nitrogens is 2. The van der Waals surface area contributed by atoms with Crippen LogP contribution >= 0.6 is 0 Å². The Morgan fingerprint density at radius 3 is 3.04 bits per heavy atom. The minimum atomic E-state index is -0.383. The van der Waals surface area contributed by atoms with E-state index < -0.39 is 0 Å². The number of benzene rings is 1. The van der Waals surface area contributed by atoms with Crippen molar-refractivity contribution in [3.8, 4) is 5.75 Å². The molecule has 1 aliphatic heterocycles. The standard InChI is InChI=1S/C17H20FN3O3/c1-9-6-13-15(10(2)24-9)20-21-16(13)17(22)19-8-11-4-5-12(18)7-14(11)23-3/h4-5,7,9-10H,6,8H2,1-3H3,(H,19,22)(H,20,21)/t9-,10+/m0/s1. The number of methoxy groups -OCH3 is 1. The maximum absolute atomic E-state index is 13.2. The minimum Gasteiger partial charge on any atom is -0.496 e. The average Bonchev–Trinajstić information content (AvgIpc) is 2.97. The van der Waals surface area contributed by atoms with Crippen molar-refractivity contribution in [2.24, 2.45) is 0 Å². The first-order valence-corrected chi connectivity index (χ1v) is 7.82. The van der Waals surface area contributed by atoms with E-state index in [1.54, 1.807) is 6.07 Å². The molecule has 0 unspecified atom stereocenters. The Kier molecular flexibility index (Phi) is 4.53. The molecule has 1 aromatic carbocycles. The number of rotatable bonds is 4. The Balaban J connectivity index is 1.75. The molecule has 0 saturated heterocycles. The van der Waals surface area contributed by atoms with Crippen LogP contribution in [0.4, 0.5) is 4.39 Å². The van der Waals surface area contributed by atoms with Crippen LogP contribution in [0.5, 0.6) is 5.75 Å². The largest absolute Gasteiger partial charge is 0.496 e.